The van der Waals surface area contributed by atoms with Gasteiger partial charge in [-0.25, -0.2) is 14.4 Å². The Bertz CT molecular complexity index is 728. The second-order valence-electron chi connectivity index (χ2n) is 3.99. The summed E-state index contributed by atoms with van der Waals surface area (Å²) in [5.74, 6) is 0.241. The Morgan fingerprint density at radius 3 is 2.58 bits per heavy atom. The standard InChI is InChI=1S/C14H9BrFN3/c15-9-4-6-10(7-5-9)19-14-11-2-1-3-12(16)13(11)17-8-18-14/h1-8H,(H,17,18,19). The van der Waals surface area contributed by atoms with Crippen molar-refractivity contribution in [1.29, 1.82) is 0 Å². The van der Waals surface area contributed by atoms with Crippen LogP contribution in [0.25, 0.3) is 10.9 Å². The zero-order chi connectivity index (χ0) is 13.2. The smallest absolute Gasteiger partial charge is 0.149 e. The number of nitrogens with zero attached hydrogens (tertiary/aromatic N) is 2. The molecule has 0 fully saturated rings. The number of benzene rings is 2. The number of para-hydroxylation sites is 1. The van der Waals surface area contributed by atoms with E-state index in [4.69, 9.17) is 0 Å². The molecule has 0 spiro atoms. The molecule has 94 valence electrons. The molecule has 0 bridgehead atoms. The van der Waals surface area contributed by atoms with E-state index in [-0.39, 0.29) is 5.82 Å². The predicted octanol–water partition coefficient (Wildman–Crippen LogP) is 4.28. The lowest BCUT2D eigenvalue weighted by Gasteiger charge is -2.08. The van der Waals surface area contributed by atoms with Gasteiger partial charge in [-0.2, -0.15) is 0 Å². The highest BCUT2D eigenvalue weighted by Crippen LogP contribution is 2.25. The normalized spacial score (nSPS) is 10.6. The van der Waals surface area contributed by atoms with E-state index in [1.54, 1.807) is 12.1 Å². The third-order valence-corrected chi connectivity index (χ3v) is 3.25. The Hall–Kier alpha value is -2.01. The molecular weight excluding hydrogens is 309 g/mol. The molecule has 19 heavy (non-hydrogen) atoms. The van der Waals surface area contributed by atoms with Crippen LogP contribution in [-0.4, -0.2) is 9.97 Å². The summed E-state index contributed by atoms with van der Waals surface area (Å²) in [4.78, 5) is 8.13. The molecule has 3 nitrogen and oxygen atoms in total. The second-order valence-corrected chi connectivity index (χ2v) is 4.91. The first-order valence-corrected chi connectivity index (χ1v) is 6.45. The highest BCUT2D eigenvalue weighted by atomic mass is 79.9. The first kappa shape index (κ1) is 12.0. The summed E-state index contributed by atoms with van der Waals surface area (Å²) in [5, 5.41) is 3.82. The molecule has 5 heteroatoms. The van der Waals surface area contributed by atoms with Crippen molar-refractivity contribution in [2.45, 2.75) is 0 Å². The van der Waals surface area contributed by atoms with Gasteiger partial charge in [-0.1, -0.05) is 22.0 Å². The van der Waals surface area contributed by atoms with Crippen molar-refractivity contribution < 1.29 is 4.39 Å². The number of hydrogen-bond donors (Lipinski definition) is 1. The average Bonchev–Trinajstić information content (AvgIpc) is 2.43. The van der Waals surface area contributed by atoms with Crippen LogP contribution >= 0.6 is 15.9 Å². The van der Waals surface area contributed by atoms with E-state index in [9.17, 15) is 4.39 Å². The summed E-state index contributed by atoms with van der Waals surface area (Å²) < 4.78 is 14.6. The maximum Gasteiger partial charge on any atom is 0.149 e. The van der Waals surface area contributed by atoms with E-state index in [1.165, 1.54) is 12.4 Å². The van der Waals surface area contributed by atoms with Crippen LogP contribution in [0.3, 0.4) is 0 Å². The van der Waals surface area contributed by atoms with Gasteiger partial charge in [-0.05, 0) is 36.4 Å². The summed E-state index contributed by atoms with van der Waals surface area (Å²) in [6.07, 6.45) is 1.35. The molecule has 2 aromatic carbocycles. The topological polar surface area (TPSA) is 37.8 Å². The van der Waals surface area contributed by atoms with Crippen molar-refractivity contribution in [1.82, 2.24) is 9.97 Å². The minimum Gasteiger partial charge on any atom is -0.340 e. The molecule has 3 rings (SSSR count). The molecule has 0 saturated carbocycles. The third-order valence-electron chi connectivity index (χ3n) is 2.72. The largest absolute Gasteiger partial charge is 0.340 e. The van der Waals surface area contributed by atoms with Gasteiger partial charge in [-0.15, -0.1) is 0 Å². The quantitative estimate of drug-likeness (QED) is 0.766. The van der Waals surface area contributed by atoms with Crippen molar-refractivity contribution in [2.75, 3.05) is 5.32 Å². The monoisotopic (exact) mass is 317 g/mol. The number of anilines is 2. The lowest BCUT2D eigenvalue weighted by atomic mass is 10.2. The molecule has 1 N–H and O–H groups in total. The maximum atomic E-state index is 13.6. The fourth-order valence-electron chi connectivity index (χ4n) is 1.82. The molecule has 1 aromatic heterocycles. The summed E-state index contributed by atoms with van der Waals surface area (Å²) in [6, 6.07) is 12.5. The molecule has 0 aliphatic heterocycles. The third kappa shape index (κ3) is 2.42. The van der Waals surface area contributed by atoms with Crippen molar-refractivity contribution in [3.05, 3.63) is 59.1 Å². The predicted molar refractivity (Wildman–Crippen MR) is 76.9 cm³/mol. The number of hydrogen-bond acceptors (Lipinski definition) is 3. The molecule has 0 amide bonds. The number of nitrogens with one attached hydrogen (secondary N) is 1. The summed E-state index contributed by atoms with van der Waals surface area (Å²) >= 11 is 3.38. The number of fused-ring (bicyclic) bond motifs is 1. The fraction of sp³-hybridized carbons (Fsp3) is 0. The Kier molecular flexibility index (Phi) is 3.13. The van der Waals surface area contributed by atoms with Crippen LogP contribution in [0.5, 0.6) is 0 Å². The molecule has 0 radical (unpaired) electrons. The molecule has 0 atom stereocenters. The van der Waals surface area contributed by atoms with Gasteiger partial charge in [-0.3, -0.25) is 0 Å². The zero-order valence-corrected chi connectivity index (χ0v) is 11.4. The molecule has 3 aromatic rings. The highest BCUT2D eigenvalue weighted by Gasteiger charge is 2.07. The van der Waals surface area contributed by atoms with Crippen LogP contribution in [0.1, 0.15) is 0 Å². The summed E-state index contributed by atoms with van der Waals surface area (Å²) in [6.45, 7) is 0. The first-order chi connectivity index (χ1) is 9.24. The summed E-state index contributed by atoms with van der Waals surface area (Å²) in [5.41, 5.74) is 1.20. The minimum atomic E-state index is -0.348. The molecule has 1 heterocycles. The SMILES string of the molecule is Fc1cccc2c(Nc3ccc(Br)cc3)ncnc12. The molecule has 0 aliphatic carbocycles. The van der Waals surface area contributed by atoms with Crippen LogP contribution in [0.4, 0.5) is 15.9 Å². The number of halogens is 2. The van der Waals surface area contributed by atoms with Crippen molar-refractivity contribution in [3.63, 3.8) is 0 Å². The van der Waals surface area contributed by atoms with Gasteiger partial charge in [0.1, 0.15) is 23.5 Å². The average molecular weight is 318 g/mol. The Morgan fingerprint density at radius 2 is 1.79 bits per heavy atom. The fourth-order valence-corrected chi connectivity index (χ4v) is 2.09. The van der Waals surface area contributed by atoms with Crippen LogP contribution in [0.15, 0.2) is 53.3 Å². The Balaban J connectivity index is 2.06. The van der Waals surface area contributed by atoms with Crippen LogP contribution < -0.4 is 5.32 Å². The van der Waals surface area contributed by atoms with Gasteiger partial charge < -0.3 is 5.32 Å². The highest BCUT2D eigenvalue weighted by molar-refractivity contribution is 9.10. The van der Waals surface area contributed by atoms with Gasteiger partial charge in [0.25, 0.3) is 0 Å². The zero-order valence-electron chi connectivity index (χ0n) is 9.77. The van der Waals surface area contributed by atoms with E-state index in [0.717, 1.165) is 10.2 Å². The van der Waals surface area contributed by atoms with Gasteiger partial charge >= 0.3 is 0 Å². The van der Waals surface area contributed by atoms with E-state index in [1.807, 2.05) is 24.3 Å². The van der Waals surface area contributed by atoms with E-state index in [0.29, 0.717) is 16.7 Å². The maximum absolute atomic E-state index is 13.6. The van der Waals surface area contributed by atoms with Gasteiger partial charge in [0.2, 0.25) is 0 Å². The lowest BCUT2D eigenvalue weighted by molar-refractivity contribution is 0.636. The summed E-state index contributed by atoms with van der Waals surface area (Å²) in [7, 11) is 0. The van der Waals surface area contributed by atoms with E-state index >= 15 is 0 Å². The minimum absolute atomic E-state index is 0.317. The number of rotatable bonds is 2. The van der Waals surface area contributed by atoms with Crippen molar-refractivity contribution in [2.24, 2.45) is 0 Å². The Labute approximate surface area is 117 Å². The van der Waals surface area contributed by atoms with Crippen LogP contribution in [0, 0.1) is 5.82 Å². The molecule has 0 unspecified atom stereocenters. The molecular formula is C14H9BrFN3. The van der Waals surface area contributed by atoms with Gasteiger partial charge in [0.15, 0.2) is 0 Å². The van der Waals surface area contributed by atoms with E-state index in [2.05, 4.69) is 31.2 Å². The first-order valence-electron chi connectivity index (χ1n) is 5.66. The van der Waals surface area contributed by atoms with Crippen molar-refractivity contribution >= 4 is 38.3 Å². The Morgan fingerprint density at radius 1 is 1.00 bits per heavy atom. The van der Waals surface area contributed by atoms with Crippen LogP contribution in [0.2, 0.25) is 0 Å². The van der Waals surface area contributed by atoms with Crippen molar-refractivity contribution in [3.8, 4) is 0 Å². The van der Waals surface area contributed by atoms with Crippen LogP contribution in [-0.2, 0) is 0 Å². The lowest BCUT2D eigenvalue weighted by Crippen LogP contribution is -1.96. The van der Waals surface area contributed by atoms with Gasteiger partial charge in [0, 0.05) is 15.5 Å². The van der Waals surface area contributed by atoms with Gasteiger partial charge in [0.05, 0.1) is 0 Å². The second kappa shape index (κ2) is 4.93. The number of aromatic nitrogens is 2. The van der Waals surface area contributed by atoms with E-state index < -0.39 is 0 Å². The molecule has 0 saturated heterocycles. The molecule has 0 aliphatic rings.